The Hall–Kier alpha value is -2.33. The molecule has 0 amide bonds. The summed E-state index contributed by atoms with van der Waals surface area (Å²) in [5, 5.41) is 29.2. The van der Waals surface area contributed by atoms with Gasteiger partial charge in [0.15, 0.2) is 6.23 Å². The largest absolute Gasteiger partial charge is 0.465 e. The fourth-order valence-electron chi connectivity index (χ4n) is 2.90. The lowest BCUT2D eigenvalue weighted by Gasteiger charge is -2.21. The molecule has 2 heterocycles. The monoisotopic (exact) mass is 353 g/mol. The molecule has 0 aliphatic carbocycles. The van der Waals surface area contributed by atoms with E-state index in [1.54, 1.807) is 0 Å². The van der Waals surface area contributed by atoms with Crippen molar-refractivity contribution in [1.29, 1.82) is 0 Å². The molecule has 25 heavy (non-hydrogen) atoms. The highest BCUT2D eigenvalue weighted by Gasteiger charge is 2.43. The molecular weight excluding hydrogens is 337 g/mol. The first kappa shape index (κ1) is 17.5. The molecule has 0 radical (unpaired) electrons. The summed E-state index contributed by atoms with van der Waals surface area (Å²) in [7, 11) is 1.09. The number of esters is 1. The Labute approximate surface area is 140 Å². The molecule has 1 aromatic heterocycles. The zero-order valence-electron chi connectivity index (χ0n) is 13.1. The van der Waals surface area contributed by atoms with E-state index in [-0.39, 0.29) is 16.5 Å². The van der Waals surface area contributed by atoms with Crippen molar-refractivity contribution >= 4 is 16.9 Å². The Kier molecular flexibility index (Phi) is 4.56. The van der Waals surface area contributed by atoms with E-state index in [0.717, 1.165) is 25.4 Å². The number of nitrogens with zero attached hydrogens (tertiary/aromatic N) is 1. The summed E-state index contributed by atoms with van der Waals surface area (Å²) < 4.78 is 24.8. The van der Waals surface area contributed by atoms with Gasteiger partial charge < -0.3 is 29.4 Å². The van der Waals surface area contributed by atoms with E-state index >= 15 is 0 Å². The fraction of sp³-hybridized carbons (Fsp3) is 0.375. The lowest BCUT2D eigenvalue weighted by molar-refractivity contribution is -0.0509. The Morgan fingerprint density at radius 2 is 2.08 bits per heavy atom. The van der Waals surface area contributed by atoms with Crippen molar-refractivity contribution in [3.8, 4) is 0 Å². The van der Waals surface area contributed by atoms with Crippen molar-refractivity contribution in [3.05, 3.63) is 46.0 Å². The summed E-state index contributed by atoms with van der Waals surface area (Å²) in [6.07, 6.45) is -3.92. The number of carbonyl (C=O) groups excluding carboxylic acids is 1. The van der Waals surface area contributed by atoms with Crippen LogP contribution in [0.4, 0.5) is 4.39 Å². The van der Waals surface area contributed by atoms with Crippen LogP contribution in [0.15, 0.2) is 29.2 Å². The van der Waals surface area contributed by atoms with Crippen molar-refractivity contribution in [2.75, 3.05) is 13.7 Å². The third kappa shape index (κ3) is 2.81. The summed E-state index contributed by atoms with van der Waals surface area (Å²) in [6.45, 7) is -0.536. The Balaban J connectivity index is 2.26. The SMILES string of the molecule is COC(=O)c1cn([C@@H]2O[C@H](CO)[C@@H](O)[C@H]2O)c2ccc(F)cc2c1=O. The molecule has 1 aliphatic rings. The predicted molar refractivity (Wildman–Crippen MR) is 82.5 cm³/mol. The summed E-state index contributed by atoms with van der Waals surface area (Å²) >= 11 is 0. The van der Waals surface area contributed by atoms with Crippen LogP contribution in [0.1, 0.15) is 16.6 Å². The van der Waals surface area contributed by atoms with Crippen molar-refractivity contribution in [1.82, 2.24) is 4.57 Å². The highest BCUT2D eigenvalue weighted by molar-refractivity contribution is 5.93. The van der Waals surface area contributed by atoms with Gasteiger partial charge in [0, 0.05) is 11.6 Å². The van der Waals surface area contributed by atoms with Gasteiger partial charge in [-0.3, -0.25) is 4.79 Å². The molecule has 0 bridgehead atoms. The van der Waals surface area contributed by atoms with Crippen LogP contribution in [0.2, 0.25) is 0 Å². The van der Waals surface area contributed by atoms with E-state index in [0.29, 0.717) is 0 Å². The zero-order chi connectivity index (χ0) is 18.3. The first-order valence-corrected chi connectivity index (χ1v) is 7.44. The number of hydrogen-bond acceptors (Lipinski definition) is 7. The molecule has 1 saturated heterocycles. The quantitative estimate of drug-likeness (QED) is 0.639. The maximum absolute atomic E-state index is 13.6. The summed E-state index contributed by atoms with van der Waals surface area (Å²) in [5.41, 5.74) is -0.920. The fourth-order valence-corrected chi connectivity index (χ4v) is 2.90. The van der Waals surface area contributed by atoms with Crippen molar-refractivity contribution in [2.45, 2.75) is 24.5 Å². The van der Waals surface area contributed by atoms with E-state index in [4.69, 9.17) is 4.74 Å². The van der Waals surface area contributed by atoms with Crippen molar-refractivity contribution in [2.24, 2.45) is 0 Å². The van der Waals surface area contributed by atoms with Crippen LogP contribution in [-0.2, 0) is 9.47 Å². The number of hydrogen-bond donors (Lipinski definition) is 3. The Bertz CT molecular complexity index is 881. The van der Waals surface area contributed by atoms with Gasteiger partial charge in [-0.2, -0.15) is 0 Å². The number of aromatic nitrogens is 1. The number of ether oxygens (including phenoxy) is 2. The number of fused-ring (bicyclic) bond motifs is 1. The lowest BCUT2D eigenvalue weighted by atomic mass is 10.1. The van der Waals surface area contributed by atoms with Gasteiger partial charge in [-0.15, -0.1) is 0 Å². The van der Waals surface area contributed by atoms with Gasteiger partial charge in [0.05, 0.1) is 19.2 Å². The van der Waals surface area contributed by atoms with Crippen LogP contribution in [-0.4, -0.2) is 57.9 Å². The highest BCUT2D eigenvalue weighted by atomic mass is 19.1. The summed E-state index contributed by atoms with van der Waals surface area (Å²) in [6, 6.07) is 3.36. The normalized spacial score (nSPS) is 26.1. The number of benzene rings is 1. The Morgan fingerprint density at radius 1 is 1.36 bits per heavy atom. The van der Waals surface area contributed by atoms with Gasteiger partial charge in [-0.05, 0) is 18.2 Å². The minimum absolute atomic E-state index is 0.111. The van der Waals surface area contributed by atoms with E-state index in [1.165, 1.54) is 10.6 Å². The van der Waals surface area contributed by atoms with Crippen molar-refractivity contribution < 1.29 is 34.0 Å². The molecule has 0 spiro atoms. The van der Waals surface area contributed by atoms with Crippen LogP contribution < -0.4 is 5.43 Å². The van der Waals surface area contributed by atoms with E-state index < -0.39 is 48.4 Å². The van der Waals surface area contributed by atoms with Gasteiger partial charge in [-0.25, -0.2) is 9.18 Å². The molecule has 0 saturated carbocycles. The second kappa shape index (κ2) is 6.52. The molecule has 1 aromatic carbocycles. The number of aliphatic hydroxyl groups is 3. The standard InChI is InChI=1S/C16H16FNO7/c1-24-16(23)9-5-18(15-14(22)13(21)11(6-19)25-15)10-3-2-7(17)4-8(10)12(9)20/h2-5,11,13-15,19,21-22H,6H2,1H3/t11-,13-,14-,15-/m1/s1. The van der Waals surface area contributed by atoms with Gasteiger partial charge in [0.2, 0.25) is 5.43 Å². The number of carbonyl (C=O) groups is 1. The van der Waals surface area contributed by atoms with Crippen LogP contribution in [0.25, 0.3) is 10.9 Å². The second-order valence-corrected chi connectivity index (χ2v) is 5.66. The molecule has 8 nitrogen and oxygen atoms in total. The van der Waals surface area contributed by atoms with Crippen LogP contribution in [0.5, 0.6) is 0 Å². The smallest absolute Gasteiger partial charge is 0.343 e. The maximum atomic E-state index is 13.6. The Morgan fingerprint density at radius 3 is 2.68 bits per heavy atom. The van der Waals surface area contributed by atoms with Crippen molar-refractivity contribution in [3.63, 3.8) is 0 Å². The van der Waals surface area contributed by atoms with Gasteiger partial charge in [0.25, 0.3) is 0 Å². The van der Waals surface area contributed by atoms with E-state index in [2.05, 4.69) is 4.74 Å². The third-order valence-corrected chi connectivity index (χ3v) is 4.19. The van der Waals surface area contributed by atoms with Crippen LogP contribution >= 0.6 is 0 Å². The molecule has 3 rings (SSSR count). The first-order chi connectivity index (χ1) is 11.9. The van der Waals surface area contributed by atoms with Gasteiger partial charge in [-0.1, -0.05) is 0 Å². The van der Waals surface area contributed by atoms with Gasteiger partial charge in [0.1, 0.15) is 29.7 Å². The molecule has 2 aromatic rings. The average molecular weight is 353 g/mol. The number of aliphatic hydroxyl groups excluding tert-OH is 3. The molecule has 1 fully saturated rings. The number of halogens is 1. The van der Waals surface area contributed by atoms with Crippen LogP contribution in [0.3, 0.4) is 0 Å². The van der Waals surface area contributed by atoms with E-state index in [9.17, 15) is 29.3 Å². The second-order valence-electron chi connectivity index (χ2n) is 5.66. The van der Waals surface area contributed by atoms with E-state index in [1.807, 2.05) is 0 Å². The molecule has 4 atom stereocenters. The first-order valence-electron chi connectivity index (χ1n) is 7.44. The lowest BCUT2D eigenvalue weighted by Crippen LogP contribution is -2.33. The summed E-state index contributed by atoms with van der Waals surface area (Å²) in [4.78, 5) is 24.3. The van der Waals surface area contributed by atoms with Gasteiger partial charge >= 0.3 is 5.97 Å². The molecule has 9 heteroatoms. The average Bonchev–Trinajstić information content (AvgIpc) is 2.90. The number of methoxy groups -OCH3 is 1. The summed E-state index contributed by atoms with van der Waals surface area (Å²) in [5.74, 6) is -1.61. The van der Waals surface area contributed by atoms with Crippen LogP contribution in [0, 0.1) is 5.82 Å². The maximum Gasteiger partial charge on any atom is 0.343 e. The highest BCUT2D eigenvalue weighted by Crippen LogP contribution is 2.31. The molecule has 0 unspecified atom stereocenters. The minimum Gasteiger partial charge on any atom is -0.465 e. The third-order valence-electron chi connectivity index (χ3n) is 4.19. The molecule has 3 N–H and O–H groups in total. The number of rotatable bonds is 3. The predicted octanol–water partition coefficient (Wildman–Crippen LogP) is -0.461. The molecule has 1 aliphatic heterocycles. The molecule has 134 valence electrons. The topological polar surface area (TPSA) is 118 Å². The molecular formula is C16H16FNO7. The number of pyridine rings is 1. The zero-order valence-corrected chi connectivity index (χ0v) is 13.1. The minimum atomic E-state index is -1.43.